The summed E-state index contributed by atoms with van der Waals surface area (Å²) >= 11 is 2.73. The molecule has 3 aromatic rings. The normalized spacial score (nSPS) is 12.2. The van der Waals surface area contributed by atoms with Gasteiger partial charge in [-0.25, -0.2) is 22.7 Å². The number of benzene rings is 2. The zero-order chi connectivity index (χ0) is 20.7. The zero-order valence-corrected chi connectivity index (χ0v) is 16.1. The van der Waals surface area contributed by atoms with Gasteiger partial charge in [-0.3, -0.25) is 9.59 Å². The predicted octanol–water partition coefficient (Wildman–Crippen LogP) is 4.08. The number of rotatable bonds is 3. The number of amides is 1. The van der Waals surface area contributed by atoms with E-state index in [1.165, 1.54) is 14.0 Å². The molecule has 0 aliphatic heterocycles. The van der Waals surface area contributed by atoms with Gasteiger partial charge in [0.25, 0.3) is 11.5 Å². The molecule has 10 heteroatoms. The lowest BCUT2D eigenvalue weighted by Gasteiger charge is -2.25. The van der Waals surface area contributed by atoms with Crippen molar-refractivity contribution in [2.24, 2.45) is 0 Å². The smallest absolute Gasteiger partial charge is 0.272 e. The highest BCUT2D eigenvalue weighted by Gasteiger charge is 2.25. The molecule has 5 nitrogen and oxygen atoms in total. The van der Waals surface area contributed by atoms with Crippen LogP contribution in [-0.4, -0.2) is 28.1 Å². The third-order valence-corrected chi connectivity index (χ3v) is 5.14. The van der Waals surface area contributed by atoms with E-state index in [-0.39, 0.29) is 22.0 Å². The summed E-state index contributed by atoms with van der Waals surface area (Å²) in [4.78, 5) is 25.6. The number of hydrogen-bond acceptors (Lipinski definition) is 3. The molecule has 1 atom stereocenters. The fourth-order valence-electron chi connectivity index (χ4n) is 2.74. The second-order valence-corrected chi connectivity index (χ2v) is 6.89. The molecule has 0 aliphatic rings. The van der Waals surface area contributed by atoms with Crippen molar-refractivity contribution >= 4 is 32.6 Å². The Kier molecular flexibility index (Phi) is 5.24. The van der Waals surface area contributed by atoms with E-state index in [1.807, 2.05) is 0 Å². The molecule has 2 aromatic carbocycles. The van der Waals surface area contributed by atoms with Crippen molar-refractivity contribution in [2.75, 3.05) is 7.05 Å². The summed E-state index contributed by atoms with van der Waals surface area (Å²) in [5.74, 6) is -5.02. The van der Waals surface area contributed by atoms with Crippen LogP contribution in [0.25, 0.3) is 10.8 Å². The van der Waals surface area contributed by atoms with Gasteiger partial charge in [-0.15, -0.1) is 0 Å². The lowest BCUT2D eigenvalue weighted by atomic mass is 10.0. The largest absolute Gasteiger partial charge is 0.333 e. The SMILES string of the molecule is C[C@@H](c1n[nH]c(=O)c2cc(F)c(F)cc12)N(C)C(=O)c1cc(F)c(Br)c(F)c1. The Morgan fingerprint density at radius 2 is 1.57 bits per heavy atom. The second kappa shape index (κ2) is 7.34. The lowest BCUT2D eigenvalue weighted by molar-refractivity contribution is 0.0739. The van der Waals surface area contributed by atoms with Crippen LogP contribution in [0.2, 0.25) is 0 Å². The van der Waals surface area contributed by atoms with Gasteiger partial charge >= 0.3 is 0 Å². The summed E-state index contributed by atoms with van der Waals surface area (Å²) in [5.41, 5.74) is -0.892. The summed E-state index contributed by atoms with van der Waals surface area (Å²) in [6.07, 6.45) is 0. The molecule has 28 heavy (non-hydrogen) atoms. The molecular formula is C18H12BrF4N3O2. The number of nitrogens with one attached hydrogen (secondary N) is 1. The van der Waals surface area contributed by atoms with E-state index in [4.69, 9.17) is 0 Å². The van der Waals surface area contributed by atoms with E-state index in [1.54, 1.807) is 0 Å². The lowest BCUT2D eigenvalue weighted by Crippen LogP contribution is -2.31. The summed E-state index contributed by atoms with van der Waals surface area (Å²) in [6, 6.07) is 2.45. The van der Waals surface area contributed by atoms with Gasteiger partial charge in [0.15, 0.2) is 11.6 Å². The maximum atomic E-state index is 13.7. The Balaban J connectivity index is 2.05. The van der Waals surface area contributed by atoms with Gasteiger partial charge in [0.2, 0.25) is 0 Å². The van der Waals surface area contributed by atoms with Crippen molar-refractivity contribution < 1.29 is 22.4 Å². The molecule has 1 N–H and O–H groups in total. The maximum Gasteiger partial charge on any atom is 0.272 e. The van der Waals surface area contributed by atoms with Crippen molar-refractivity contribution in [1.82, 2.24) is 15.1 Å². The van der Waals surface area contributed by atoms with E-state index in [2.05, 4.69) is 26.1 Å². The second-order valence-electron chi connectivity index (χ2n) is 6.10. The summed E-state index contributed by atoms with van der Waals surface area (Å²) in [6.45, 7) is 1.52. The van der Waals surface area contributed by atoms with E-state index in [9.17, 15) is 27.2 Å². The average Bonchev–Trinajstić information content (AvgIpc) is 2.66. The van der Waals surface area contributed by atoms with Crippen LogP contribution in [0, 0.1) is 23.3 Å². The van der Waals surface area contributed by atoms with E-state index in [0.717, 1.165) is 29.2 Å². The molecular weight excluding hydrogens is 446 g/mol. The highest BCUT2D eigenvalue weighted by molar-refractivity contribution is 9.10. The molecule has 146 valence electrons. The first kappa shape index (κ1) is 20.0. The van der Waals surface area contributed by atoms with Crippen LogP contribution in [0.15, 0.2) is 33.5 Å². The summed E-state index contributed by atoms with van der Waals surface area (Å²) < 4.78 is 54.3. The summed E-state index contributed by atoms with van der Waals surface area (Å²) in [5, 5.41) is 5.89. The van der Waals surface area contributed by atoms with Crippen molar-refractivity contribution in [2.45, 2.75) is 13.0 Å². The van der Waals surface area contributed by atoms with Crippen LogP contribution in [-0.2, 0) is 0 Å². The molecule has 1 amide bonds. The van der Waals surface area contributed by atoms with Gasteiger partial charge in [-0.05, 0) is 47.1 Å². The van der Waals surface area contributed by atoms with Gasteiger partial charge < -0.3 is 4.90 Å². The molecule has 0 radical (unpaired) electrons. The fraction of sp³-hybridized carbons (Fsp3) is 0.167. The quantitative estimate of drug-likeness (QED) is 0.476. The van der Waals surface area contributed by atoms with Crippen LogP contribution < -0.4 is 5.56 Å². The zero-order valence-electron chi connectivity index (χ0n) is 14.5. The van der Waals surface area contributed by atoms with Gasteiger partial charge in [0, 0.05) is 18.0 Å². The molecule has 0 spiro atoms. The van der Waals surface area contributed by atoms with E-state index in [0.29, 0.717) is 0 Å². The average molecular weight is 458 g/mol. The molecule has 3 rings (SSSR count). The molecule has 0 unspecified atom stereocenters. The van der Waals surface area contributed by atoms with Crippen molar-refractivity contribution in [1.29, 1.82) is 0 Å². The fourth-order valence-corrected chi connectivity index (χ4v) is 2.97. The third-order valence-electron chi connectivity index (χ3n) is 4.39. The van der Waals surface area contributed by atoms with Crippen LogP contribution in [0.5, 0.6) is 0 Å². The topological polar surface area (TPSA) is 66.1 Å². The Hall–Kier alpha value is -2.75. The number of fused-ring (bicyclic) bond motifs is 1. The molecule has 0 bridgehead atoms. The number of hydrogen-bond donors (Lipinski definition) is 1. The standard InChI is InChI=1S/C18H12BrF4N3O2/c1-7(26(2)18(28)8-3-13(22)15(19)14(23)4-8)16-9-5-11(20)12(21)6-10(9)17(27)25-24-16/h3-7H,1-2H3,(H,25,27)/t7-/m0/s1. The van der Waals surface area contributed by atoms with Crippen molar-refractivity contribution in [3.63, 3.8) is 0 Å². The van der Waals surface area contributed by atoms with Gasteiger partial charge in [0.05, 0.1) is 21.6 Å². The Labute approximate surface area is 164 Å². The molecule has 1 heterocycles. The highest BCUT2D eigenvalue weighted by Crippen LogP contribution is 2.27. The minimum atomic E-state index is -1.20. The predicted molar refractivity (Wildman–Crippen MR) is 96.8 cm³/mol. The first-order valence-electron chi connectivity index (χ1n) is 7.90. The number of nitrogens with zero attached hydrogens (tertiary/aromatic N) is 2. The number of H-pyrrole nitrogens is 1. The minimum absolute atomic E-state index is 0.0166. The molecule has 0 fully saturated rings. The first-order chi connectivity index (χ1) is 13.1. The van der Waals surface area contributed by atoms with E-state index < -0.39 is 45.2 Å². The molecule has 0 saturated carbocycles. The third kappa shape index (κ3) is 3.39. The Morgan fingerprint density at radius 1 is 1.04 bits per heavy atom. The van der Waals surface area contributed by atoms with Crippen molar-refractivity contribution in [3.05, 3.63) is 73.6 Å². The van der Waals surface area contributed by atoms with E-state index >= 15 is 0 Å². The number of carbonyl (C=O) groups is 1. The number of aromatic nitrogens is 2. The van der Waals surface area contributed by atoms with Crippen LogP contribution in [0.3, 0.4) is 0 Å². The molecule has 0 aliphatic carbocycles. The van der Waals surface area contributed by atoms with Crippen molar-refractivity contribution in [3.8, 4) is 0 Å². The monoisotopic (exact) mass is 457 g/mol. The Morgan fingerprint density at radius 3 is 2.14 bits per heavy atom. The number of halogens is 5. The highest BCUT2D eigenvalue weighted by atomic mass is 79.9. The first-order valence-corrected chi connectivity index (χ1v) is 8.70. The summed E-state index contributed by atoms with van der Waals surface area (Å²) in [7, 11) is 1.35. The number of aromatic amines is 1. The Bertz CT molecular complexity index is 1140. The van der Waals surface area contributed by atoms with Gasteiger partial charge in [0.1, 0.15) is 11.6 Å². The maximum absolute atomic E-state index is 13.7. The molecule has 1 aromatic heterocycles. The number of carbonyl (C=O) groups excluding carboxylic acids is 1. The van der Waals surface area contributed by atoms with Gasteiger partial charge in [-0.1, -0.05) is 0 Å². The van der Waals surface area contributed by atoms with Crippen LogP contribution in [0.1, 0.15) is 29.0 Å². The van der Waals surface area contributed by atoms with Crippen LogP contribution in [0.4, 0.5) is 17.6 Å². The van der Waals surface area contributed by atoms with Crippen LogP contribution >= 0.6 is 15.9 Å². The minimum Gasteiger partial charge on any atom is -0.333 e. The van der Waals surface area contributed by atoms with Gasteiger partial charge in [-0.2, -0.15) is 5.10 Å². The molecule has 0 saturated heterocycles.